The second-order valence-corrected chi connectivity index (χ2v) is 7.57. The molecule has 2 aliphatic heterocycles. The van der Waals surface area contributed by atoms with Crippen LogP contribution in [0.1, 0.15) is 42.3 Å². The van der Waals surface area contributed by atoms with Crippen molar-refractivity contribution in [1.29, 1.82) is 0 Å². The van der Waals surface area contributed by atoms with Crippen molar-refractivity contribution in [2.75, 3.05) is 29.4 Å². The number of rotatable bonds is 2. The van der Waals surface area contributed by atoms with E-state index in [2.05, 4.69) is 5.32 Å². The highest BCUT2D eigenvalue weighted by molar-refractivity contribution is 6.09. The summed E-state index contributed by atoms with van der Waals surface area (Å²) in [6.07, 6.45) is 1.03. The fourth-order valence-electron chi connectivity index (χ4n) is 4.25. The molecule has 2 aromatic rings. The van der Waals surface area contributed by atoms with Gasteiger partial charge in [0.2, 0.25) is 5.91 Å². The lowest BCUT2D eigenvalue weighted by molar-refractivity contribution is -0.117. The van der Waals surface area contributed by atoms with Crippen molar-refractivity contribution in [2.45, 2.75) is 38.4 Å². The highest BCUT2D eigenvalue weighted by Gasteiger charge is 2.35. The van der Waals surface area contributed by atoms with Crippen molar-refractivity contribution in [3.8, 4) is 0 Å². The number of benzene rings is 1. The van der Waals surface area contributed by atoms with Gasteiger partial charge < -0.3 is 19.5 Å². The van der Waals surface area contributed by atoms with Gasteiger partial charge >= 0.3 is 0 Å². The largest absolute Gasteiger partial charge is 0.459 e. The number of carbonyl (C=O) groups is 2. The zero-order valence-electron chi connectivity index (χ0n) is 16.0. The van der Waals surface area contributed by atoms with E-state index in [0.29, 0.717) is 37.4 Å². The molecule has 1 aromatic carbocycles. The molecule has 3 unspecified atom stereocenters. The Hall–Kier alpha value is -2.67. The standard InChI is InChI=1S/C21H24FN3O3/c1-13-12-24(21(27)20-4-3-7-28-20)19-9-15(16-8-17(22)11-23-10-16)5-6-18(19)25(13)14(2)26/h3-7,9,13,16-17,23H,8,10-12H2,1-2H3. The lowest BCUT2D eigenvalue weighted by atomic mass is 9.89. The Morgan fingerprint density at radius 2 is 2.04 bits per heavy atom. The van der Waals surface area contributed by atoms with Crippen LogP contribution in [0.4, 0.5) is 15.8 Å². The zero-order chi connectivity index (χ0) is 19.8. The van der Waals surface area contributed by atoms with E-state index in [1.54, 1.807) is 21.9 Å². The van der Waals surface area contributed by atoms with Crippen LogP contribution in [0.3, 0.4) is 0 Å². The topological polar surface area (TPSA) is 65.8 Å². The van der Waals surface area contributed by atoms with Crippen LogP contribution >= 0.6 is 0 Å². The van der Waals surface area contributed by atoms with Gasteiger partial charge in [0.1, 0.15) is 6.17 Å². The molecule has 2 aliphatic rings. The van der Waals surface area contributed by atoms with Gasteiger partial charge in [-0.2, -0.15) is 0 Å². The third-order valence-corrected chi connectivity index (χ3v) is 5.52. The summed E-state index contributed by atoms with van der Waals surface area (Å²) >= 11 is 0. The lowest BCUT2D eigenvalue weighted by Gasteiger charge is -2.41. The van der Waals surface area contributed by atoms with E-state index < -0.39 is 6.17 Å². The van der Waals surface area contributed by atoms with Gasteiger partial charge in [-0.1, -0.05) is 6.07 Å². The summed E-state index contributed by atoms with van der Waals surface area (Å²) in [6.45, 7) is 4.87. The van der Waals surface area contributed by atoms with Gasteiger partial charge in [0, 0.05) is 26.6 Å². The van der Waals surface area contributed by atoms with Crippen LogP contribution in [-0.4, -0.2) is 43.7 Å². The number of hydrogen-bond acceptors (Lipinski definition) is 4. The van der Waals surface area contributed by atoms with Crippen molar-refractivity contribution in [1.82, 2.24) is 5.32 Å². The van der Waals surface area contributed by atoms with Crippen LogP contribution in [-0.2, 0) is 4.79 Å². The molecule has 0 bridgehead atoms. The average Bonchev–Trinajstić information content (AvgIpc) is 3.21. The van der Waals surface area contributed by atoms with E-state index in [9.17, 15) is 14.0 Å². The molecule has 0 aliphatic carbocycles. The van der Waals surface area contributed by atoms with E-state index >= 15 is 0 Å². The third-order valence-electron chi connectivity index (χ3n) is 5.52. The number of carbonyl (C=O) groups excluding carboxylic acids is 2. The maximum atomic E-state index is 13.9. The molecule has 0 radical (unpaired) electrons. The Kier molecular flexibility index (Phi) is 4.93. The summed E-state index contributed by atoms with van der Waals surface area (Å²) in [5.74, 6) is -0.0407. The molecule has 3 atom stereocenters. The summed E-state index contributed by atoms with van der Waals surface area (Å²) in [7, 11) is 0. The molecular weight excluding hydrogens is 361 g/mol. The molecule has 4 rings (SSSR count). The van der Waals surface area contributed by atoms with Gasteiger partial charge in [0.15, 0.2) is 5.76 Å². The number of alkyl halides is 1. The molecule has 1 aromatic heterocycles. The first-order valence-electron chi connectivity index (χ1n) is 9.59. The van der Waals surface area contributed by atoms with Crippen molar-refractivity contribution in [2.24, 2.45) is 0 Å². The molecule has 1 saturated heterocycles. The van der Waals surface area contributed by atoms with Crippen LogP contribution in [0, 0.1) is 0 Å². The Morgan fingerprint density at radius 1 is 1.21 bits per heavy atom. The highest BCUT2D eigenvalue weighted by Crippen LogP contribution is 2.39. The average molecular weight is 385 g/mol. The summed E-state index contributed by atoms with van der Waals surface area (Å²) in [5.41, 5.74) is 2.31. The first-order valence-corrected chi connectivity index (χ1v) is 9.59. The van der Waals surface area contributed by atoms with E-state index in [4.69, 9.17) is 4.42 Å². The Bertz CT molecular complexity index is 883. The fourth-order valence-corrected chi connectivity index (χ4v) is 4.25. The van der Waals surface area contributed by atoms with Gasteiger partial charge in [-0.3, -0.25) is 9.59 Å². The molecule has 3 heterocycles. The third kappa shape index (κ3) is 3.30. The molecule has 148 valence electrons. The first-order chi connectivity index (χ1) is 13.5. The van der Waals surface area contributed by atoms with E-state index in [0.717, 1.165) is 5.56 Å². The number of hydrogen-bond donors (Lipinski definition) is 1. The second-order valence-electron chi connectivity index (χ2n) is 7.57. The molecule has 6 nitrogen and oxygen atoms in total. The van der Waals surface area contributed by atoms with Crippen LogP contribution in [0.2, 0.25) is 0 Å². The summed E-state index contributed by atoms with van der Waals surface area (Å²) in [4.78, 5) is 28.7. The molecule has 0 spiro atoms. The van der Waals surface area contributed by atoms with E-state index in [1.807, 2.05) is 25.1 Å². The second kappa shape index (κ2) is 7.39. The number of nitrogens with one attached hydrogen (secondary N) is 1. The lowest BCUT2D eigenvalue weighted by Crippen LogP contribution is -2.51. The SMILES string of the molecule is CC(=O)N1c2ccc(C3CNCC(F)C3)cc2N(C(=O)c2ccco2)CC1C. The predicted molar refractivity (Wildman–Crippen MR) is 105 cm³/mol. The van der Waals surface area contributed by atoms with Gasteiger partial charge in [-0.05, 0) is 49.1 Å². The summed E-state index contributed by atoms with van der Waals surface area (Å²) in [6, 6.07) is 8.86. The van der Waals surface area contributed by atoms with Crippen molar-refractivity contribution < 1.29 is 18.4 Å². The number of piperidine rings is 1. The van der Waals surface area contributed by atoms with Crippen LogP contribution in [0.5, 0.6) is 0 Å². The van der Waals surface area contributed by atoms with Gasteiger partial charge in [0.05, 0.1) is 23.7 Å². The number of fused-ring (bicyclic) bond motifs is 1. The summed E-state index contributed by atoms with van der Waals surface area (Å²) < 4.78 is 19.2. The molecule has 28 heavy (non-hydrogen) atoms. The summed E-state index contributed by atoms with van der Waals surface area (Å²) in [5, 5.41) is 3.12. The molecule has 2 amide bonds. The van der Waals surface area contributed by atoms with Crippen LogP contribution in [0.25, 0.3) is 0 Å². The van der Waals surface area contributed by atoms with E-state index in [-0.39, 0.29) is 29.5 Å². The number of furan rings is 1. The predicted octanol–water partition coefficient (Wildman–Crippen LogP) is 3.10. The number of nitrogens with zero attached hydrogens (tertiary/aromatic N) is 2. The minimum Gasteiger partial charge on any atom is -0.459 e. The highest BCUT2D eigenvalue weighted by atomic mass is 19.1. The number of halogens is 1. The van der Waals surface area contributed by atoms with Gasteiger partial charge in [0.25, 0.3) is 5.91 Å². The number of amides is 2. The first kappa shape index (κ1) is 18.7. The number of anilines is 2. The minimum atomic E-state index is -0.885. The normalized spacial score (nSPS) is 24.8. The maximum Gasteiger partial charge on any atom is 0.294 e. The molecular formula is C21H24FN3O3. The Morgan fingerprint density at radius 3 is 2.71 bits per heavy atom. The monoisotopic (exact) mass is 385 g/mol. The molecule has 1 N–H and O–H groups in total. The Labute approximate surface area is 163 Å². The molecule has 0 saturated carbocycles. The fraction of sp³-hybridized carbons (Fsp3) is 0.429. The van der Waals surface area contributed by atoms with Crippen molar-refractivity contribution in [3.63, 3.8) is 0 Å². The quantitative estimate of drug-likeness (QED) is 0.863. The van der Waals surface area contributed by atoms with Crippen LogP contribution < -0.4 is 15.1 Å². The smallest absolute Gasteiger partial charge is 0.294 e. The van der Waals surface area contributed by atoms with Crippen molar-refractivity contribution in [3.05, 3.63) is 47.9 Å². The molecule has 7 heteroatoms. The molecule has 1 fully saturated rings. The van der Waals surface area contributed by atoms with Crippen LogP contribution in [0.15, 0.2) is 41.0 Å². The minimum absolute atomic E-state index is 0.0275. The maximum absolute atomic E-state index is 13.9. The van der Waals surface area contributed by atoms with Crippen molar-refractivity contribution >= 4 is 23.2 Å². The van der Waals surface area contributed by atoms with Gasteiger partial charge in [-0.15, -0.1) is 0 Å². The van der Waals surface area contributed by atoms with Gasteiger partial charge in [-0.25, -0.2) is 4.39 Å². The zero-order valence-corrected chi connectivity index (χ0v) is 16.0. The Balaban J connectivity index is 1.76. The van der Waals surface area contributed by atoms with E-state index in [1.165, 1.54) is 13.2 Å².